The Morgan fingerprint density at radius 3 is 2.78 bits per heavy atom. The molecule has 0 spiro atoms. The fourth-order valence-electron chi connectivity index (χ4n) is 3.07. The van der Waals surface area contributed by atoms with Gasteiger partial charge in [-0.25, -0.2) is 0 Å². The van der Waals surface area contributed by atoms with Crippen molar-refractivity contribution >= 4 is 35.3 Å². The van der Waals surface area contributed by atoms with Crippen LogP contribution in [0.4, 0.5) is 0 Å². The lowest BCUT2D eigenvalue weighted by Gasteiger charge is -2.12. The minimum Gasteiger partial charge on any atom is -0.493 e. The third kappa shape index (κ3) is 7.74. The van der Waals surface area contributed by atoms with E-state index in [1.807, 2.05) is 13.2 Å². The van der Waals surface area contributed by atoms with Gasteiger partial charge in [0, 0.05) is 25.6 Å². The number of rotatable bonds is 13. The molecule has 1 aromatic carbocycles. The number of thioether (sulfide) groups is 1. The second-order valence-electron chi connectivity index (χ2n) is 7.72. The number of methoxy groups -OCH3 is 1. The first kappa shape index (κ1) is 26.1. The number of nitrogens with zero attached hydrogens (tertiary/aromatic N) is 3. The lowest BCUT2D eigenvalue weighted by Crippen LogP contribution is -2.23. The predicted octanol–water partition coefficient (Wildman–Crippen LogP) is 4.87. The lowest BCUT2D eigenvalue weighted by molar-refractivity contribution is -0.116. The molecule has 0 atom stereocenters. The van der Waals surface area contributed by atoms with Gasteiger partial charge >= 0.3 is 0 Å². The summed E-state index contributed by atoms with van der Waals surface area (Å²) in [4.78, 5) is 12.2. The van der Waals surface area contributed by atoms with Crippen LogP contribution in [-0.2, 0) is 17.8 Å². The Labute approximate surface area is 199 Å². The summed E-state index contributed by atoms with van der Waals surface area (Å²) < 4.78 is 13.2. The summed E-state index contributed by atoms with van der Waals surface area (Å²) in [5.41, 5.74) is 0.761. The fraction of sp³-hybridized carbons (Fsp3) is 0.522. The normalized spacial score (nSPS) is 11.3. The van der Waals surface area contributed by atoms with E-state index in [-0.39, 0.29) is 5.91 Å². The maximum Gasteiger partial charge on any atom is 0.243 e. The van der Waals surface area contributed by atoms with Gasteiger partial charge in [-0.3, -0.25) is 4.79 Å². The van der Waals surface area contributed by atoms with Gasteiger partial charge < -0.3 is 19.4 Å². The van der Waals surface area contributed by atoms with Gasteiger partial charge in [0.1, 0.15) is 5.82 Å². The van der Waals surface area contributed by atoms with Crippen LogP contribution in [-0.4, -0.2) is 47.2 Å². The van der Waals surface area contributed by atoms with E-state index in [4.69, 9.17) is 21.1 Å². The number of halogens is 1. The number of aryl methyl sites for hydroxylation is 1. The molecule has 1 heterocycles. The minimum atomic E-state index is -0.167. The molecule has 1 aromatic heterocycles. The summed E-state index contributed by atoms with van der Waals surface area (Å²) in [7, 11) is 1.56. The number of carbonyl (C=O) groups is 1. The van der Waals surface area contributed by atoms with Gasteiger partial charge in [0.15, 0.2) is 16.7 Å². The topological polar surface area (TPSA) is 78.3 Å². The van der Waals surface area contributed by atoms with Crippen LogP contribution in [0.15, 0.2) is 23.4 Å². The average Bonchev–Trinajstić information content (AvgIpc) is 3.14. The number of amides is 1. The molecule has 7 nitrogen and oxygen atoms in total. The molecule has 0 unspecified atom stereocenters. The number of ether oxygens (including phenoxy) is 2. The molecule has 2 rings (SSSR count). The molecule has 32 heavy (non-hydrogen) atoms. The van der Waals surface area contributed by atoms with Gasteiger partial charge in [0.2, 0.25) is 5.91 Å². The minimum absolute atomic E-state index is 0.167. The first-order chi connectivity index (χ1) is 15.4. The van der Waals surface area contributed by atoms with Crippen LogP contribution in [0.3, 0.4) is 0 Å². The molecule has 1 amide bonds. The van der Waals surface area contributed by atoms with Crippen LogP contribution >= 0.6 is 23.4 Å². The number of benzene rings is 1. The highest BCUT2D eigenvalue weighted by Crippen LogP contribution is 2.36. The molecule has 0 fully saturated rings. The van der Waals surface area contributed by atoms with Crippen molar-refractivity contribution in [1.82, 2.24) is 20.1 Å². The Balaban J connectivity index is 1.88. The molecular formula is C23H33ClN4O3S. The van der Waals surface area contributed by atoms with Crippen molar-refractivity contribution in [3.8, 4) is 11.5 Å². The largest absolute Gasteiger partial charge is 0.493 e. The summed E-state index contributed by atoms with van der Waals surface area (Å²) in [5.74, 6) is 2.37. The maximum absolute atomic E-state index is 12.2. The molecule has 9 heteroatoms. The molecular weight excluding hydrogens is 448 g/mol. The van der Waals surface area contributed by atoms with Crippen LogP contribution in [0.1, 0.15) is 45.0 Å². The highest BCUT2D eigenvalue weighted by Gasteiger charge is 2.13. The molecule has 0 bridgehead atoms. The van der Waals surface area contributed by atoms with E-state index in [2.05, 4.69) is 33.9 Å². The maximum atomic E-state index is 12.2. The highest BCUT2D eigenvalue weighted by molar-refractivity contribution is 7.98. The van der Waals surface area contributed by atoms with Gasteiger partial charge in [-0.15, -0.1) is 10.2 Å². The summed E-state index contributed by atoms with van der Waals surface area (Å²) in [6, 6.07) is 3.55. The van der Waals surface area contributed by atoms with Crippen LogP contribution in [0.5, 0.6) is 11.5 Å². The number of hydrogen-bond acceptors (Lipinski definition) is 6. The molecule has 0 saturated heterocycles. The monoisotopic (exact) mass is 480 g/mol. The first-order valence-corrected chi connectivity index (χ1v) is 12.4. The Morgan fingerprint density at radius 1 is 1.34 bits per heavy atom. The molecule has 176 valence electrons. The van der Waals surface area contributed by atoms with Crippen LogP contribution in [0, 0.1) is 5.92 Å². The zero-order valence-corrected chi connectivity index (χ0v) is 21.1. The van der Waals surface area contributed by atoms with Crippen molar-refractivity contribution in [2.45, 2.75) is 51.7 Å². The van der Waals surface area contributed by atoms with E-state index in [0.29, 0.717) is 35.6 Å². The van der Waals surface area contributed by atoms with Gasteiger partial charge in [-0.2, -0.15) is 0 Å². The van der Waals surface area contributed by atoms with E-state index in [1.165, 1.54) is 6.08 Å². The highest BCUT2D eigenvalue weighted by atomic mass is 35.5. The van der Waals surface area contributed by atoms with Gasteiger partial charge in [-0.05, 0) is 48.8 Å². The SMILES string of the molecule is CCCOc1c(Cl)cc(C=CC(=O)NCCCc2nnc(SC)n2CC(C)C)cc1OC. The van der Waals surface area contributed by atoms with E-state index in [0.717, 1.165) is 42.4 Å². The molecule has 2 aromatic rings. The molecule has 0 saturated carbocycles. The van der Waals surface area contributed by atoms with Gasteiger partial charge in [-0.1, -0.05) is 44.1 Å². The standard InChI is InChI=1S/C23H33ClN4O3S/c1-6-12-31-22-18(24)13-17(14-19(22)30-4)9-10-21(29)25-11-7-8-20-26-27-23(32-5)28(20)15-16(2)3/h9-10,13-14,16H,6-8,11-12,15H2,1-5H3,(H,25,29). The number of hydrogen-bond donors (Lipinski definition) is 1. The summed E-state index contributed by atoms with van der Waals surface area (Å²) in [5, 5.41) is 12.9. The first-order valence-electron chi connectivity index (χ1n) is 10.8. The Bertz CT molecular complexity index is 915. The van der Waals surface area contributed by atoms with Crippen molar-refractivity contribution in [2.24, 2.45) is 5.92 Å². The second-order valence-corrected chi connectivity index (χ2v) is 8.90. The Morgan fingerprint density at radius 2 is 2.12 bits per heavy atom. The molecule has 0 aliphatic carbocycles. The smallest absolute Gasteiger partial charge is 0.243 e. The number of aromatic nitrogens is 3. The third-order valence-electron chi connectivity index (χ3n) is 4.53. The average molecular weight is 481 g/mol. The fourth-order valence-corrected chi connectivity index (χ4v) is 3.87. The number of nitrogens with one attached hydrogen (secondary N) is 1. The Hall–Kier alpha value is -2.19. The zero-order chi connectivity index (χ0) is 23.5. The van der Waals surface area contributed by atoms with E-state index in [9.17, 15) is 4.79 Å². The summed E-state index contributed by atoms with van der Waals surface area (Å²) in [6.07, 6.45) is 7.62. The van der Waals surface area contributed by atoms with E-state index in [1.54, 1.807) is 37.1 Å². The molecule has 1 N–H and O–H groups in total. The zero-order valence-electron chi connectivity index (χ0n) is 19.5. The van der Waals surface area contributed by atoms with Crippen molar-refractivity contribution < 1.29 is 14.3 Å². The Kier molecular flexibility index (Phi) is 10.9. The predicted molar refractivity (Wildman–Crippen MR) is 131 cm³/mol. The summed E-state index contributed by atoms with van der Waals surface area (Å²) >= 11 is 7.93. The van der Waals surface area contributed by atoms with Gasteiger partial charge in [0.05, 0.1) is 18.7 Å². The summed E-state index contributed by atoms with van der Waals surface area (Å²) in [6.45, 7) is 8.38. The van der Waals surface area contributed by atoms with Crippen molar-refractivity contribution in [3.05, 3.63) is 34.6 Å². The molecule has 0 radical (unpaired) electrons. The van der Waals surface area contributed by atoms with Crippen LogP contribution in [0.25, 0.3) is 6.08 Å². The van der Waals surface area contributed by atoms with E-state index < -0.39 is 0 Å². The van der Waals surface area contributed by atoms with Crippen molar-refractivity contribution in [2.75, 3.05) is 26.5 Å². The molecule has 0 aliphatic rings. The quantitative estimate of drug-likeness (QED) is 0.250. The van der Waals surface area contributed by atoms with Crippen molar-refractivity contribution in [3.63, 3.8) is 0 Å². The van der Waals surface area contributed by atoms with E-state index >= 15 is 0 Å². The second kappa shape index (κ2) is 13.4. The van der Waals surface area contributed by atoms with Crippen LogP contribution in [0.2, 0.25) is 5.02 Å². The van der Waals surface area contributed by atoms with Crippen molar-refractivity contribution in [1.29, 1.82) is 0 Å². The van der Waals surface area contributed by atoms with Crippen LogP contribution < -0.4 is 14.8 Å². The molecule has 0 aliphatic heterocycles. The van der Waals surface area contributed by atoms with Gasteiger partial charge in [0.25, 0.3) is 0 Å². The lowest BCUT2D eigenvalue weighted by atomic mass is 10.2. The third-order valence-corrected chi connectivity index (χ3v) is 5.48. The number of carbonyl (C=O) groups excluding carboxylic acids is 1.